The highest BCUT2D eigenvalue weighted by molar-refractivity contribution is 9.09. The molecule has 1 aromatic carbocycles. The molecule has 1 aromatic rings. The molecule has 5 heteroatoms. The molecule has 0 saturated carbocycles. The molecule has 70 valence electrons. The van der Waals surface area contributed by atoms with Crippen LogP contribution in [0.3, 0.4) is 0 Å². The quantitative estimate of drug-likeness (QED) is 0.535. The summed E-state index contributed by atoms with van der Waals surface area (Å²) in [5.74, 6) is -1.05. The van der Waals surface area contributed by atoms with Gasteiger partial charge in [-0.3, -0.25) is 0 Å². The largest absolute Gasteiger partial charge is 0.478 e. The predicted molar refractivity (Wildman–Crippen MR) is 48.4 cm³/mol. The SMILES string of the molecule is O=C(O)c1ccc(C(O)(O)Br)cc1. The third-order valence-electron chi connectivity index (χ3n) is 1.50. The lowest BCUT2D eigenvalue weighted by atomic mass is 10.1. The molecule has 1 rings (SSSR count). The second kappa shape index (κ2) is 3.45. The van der Waals surface area contributed by atoms with E-state index in [0.717, 1.165) is 0 Å². The number of carbonyl (C=O) groups is 1. The molecule has 0 heterocycles. The molecule has 0 saturated heterocycles. The summed E-state index contributed by atoms with van der Waals surface area (Å²) >= 11 is 2.61. The summed E-state index contributed by atoms with van der Waals surface area (Å²) in [6.07, 6.45) is 0. The van der Waals surface area contributed by atoms with Crippen molar-refractivity contribution in [2.75, 3.05) is 0 Å². The van der Waals surface area contributed by atoms with Gasteiger partial charge in [-0.1, -0.05) is 12.1 Å². The number of aromatic carboxylic acids is 1. The van der Waals surface area contributed by atoms with Gasteiger partial charge in [0.1, 0.15) is 0 Å². The molecular weight excluding hydrogens is 240 g/mol. The number of carboxylic acids is 1. The minimum absolute atomic E-state index is 0.0977. The fourth-order valence-electron chi connectivity index (χ4n) is 0.825. The fraction of sp³-hybridized carbons (Fsp3) is 0.125. The zero-order valence-electron chi connectivity index (χ0n) is 6.44. The fourth-order valence-corrected chi connectivity index (χ4v) is 1.09. The Labute approximate surface area is 82.6 Å². The van der Waals surface area contributed by atoms with E-state index in [1.165, 1.54) is 24.3 Å². The van der Waals surface area contributed by atoms with E-state index in [4.69, 9.17) is 15.3 Å². The Bertz CT molecular complexity index is 312. The Hall–Kier alpha value is -0.910. The van der Waals surface area contributed by atoms with Crippen LogP contribution in [0.1, 0.15) is 15.9 Å². The van der Waals surface area contributed by atoms with Crippen molar-refractivity contribution in [3.05, 3.63) is 35.4 Å². The first-order valence-corrected chi connectivity index (χ1v) is 4.18. The number of hydrogen-bond donors (Lipinski definition) is 3. The molecule has 3 N–H and O–H groups in total. The van der Waals surface area contributed by atoms with Crippen LogP contribution in [-0.2, 0) is 4.70 Å². The van der Waals surface area contributed by atoms with Crippen molar-refractivity contribution in [1.29, 1.82) is 0 Å². The summed E-state index contributed by atoms with van der Waals surface area (Å²) in [7, 11) is 0. The van der Waals surface area contributed by atoms with Gasteiger partial charge in [0, 0.05) is 5.56 Å². The van der Waals surface area contributed by atoms with Crippen molar-refractivity contribution in [1.82, 2.24) is 0 Å². The average molecular weight is 247 g/mol. The minimum Gasteiger partial charge on any atom is -0.478 e. The van der Waals surface area contributed by atoms with E-state index in [1.807, 2.05) is 0 Å². The van der Waals surface area contributed by atoms with E-state index in [1.54, 1.807) is 0 Å². The van der Waals surface area contributed by atoms with Crippen LogP contribution in [0.15, 0.2) is 24.3 Å². The van der Waals surface area contributed by atoms with Crippen molar-refractivity contribution in [2.24, 2.45) is 0 Å². The third kappa shape index (κ3) is 2.51. The first-order valence-electron chi connectivity index (χ1n) is 3.39. The monoisotopic (exact) mass is 246 g/mol. The molecule has 0 unspecified atom stereocenters. The molecule has 0 aromatic heterocycles. The summed E-state index contributed by atoms with van der Waals surface area (Å²) in [5, 5.41) is 26.6. The van der Waals surface area contributed by atoms with Gasteiger partial charge >= 0.3 is 5.97 Å². The Morgan fingerprint density at radius 3 is 2.00 bits per heavy atom. The lowest BCUT2D eigenvalue weighted by Gasteiger charge is -2.13. The van der Waals surface area contributed by atoms with Crippen molar-refractivity contribution < 1.29 is 20.1 Å². The maximum atomic E-state index is 10.4. The molecule has 0 aliphatic heterocycles. The molecule has 4 nitrogen and oxygen atoms in total. The van der Waals surface area contributed by atoms with Gasteiger partial charge in [0.15, 0.2) is 0 Å². The number of benzene rings is 1. The van der Waals surface area contributed by atoms with Gasteiger partial charge in [-0.05, 0) is 28.1 Å². The van der Waals surface area contributed by atoms with Crippen LogP contribution in [0.5, 0.6) is 0 Å². The van der Waals surface area contributed by atoms with E-state index in [9.17, 15) is 4.79 Å². The molecule has 0 bridgehead atoms. The van der Waals surface area contributed by atoms with Gasteiger partial charge in [-0.15, -0.1) is 0 Å². The van der Waals surface area contributed by atoms with Crippen molar-refractivity contribution in [3.8, 4) is 0 Å². The zero-order valence-corrected chi connectivity index (χ0v) is 8.02. The average Bonchev–Trinajstić information content (AvgIpc) is 2.03. The second-order valence-corrected chi connectivity index (χ2v) is 3.58. The Morgan fingerprint density at radius 1 is 1.23 bits per heavy atom. The molecule has 0 radical (unpaired) electrons. The van der Waals surface area contributed by atoms with Crippen LogP contribution in [0.25, 0.3) is 0 Å². The number of carboxylic acid groups (broad SMARTS) is 1. The zero-order chi connectivity index (χ0) is 10.1. The first-order chi connectivity index (χ1) is 5.91. The smallest absolute Gasteiger partial charge is 0.335 e. The lowest BCUT2D eigenvalue weighted by molar-refractivity contribution is -0.0741. The molecule has 0 aliphatic rings. The summed E-state index contributed by atoms with van der Waals surface area (Å²) < 4.78 is -2.11. The Balaban J connectivity index is 3.01. The Morgan fingerprint density at radius 2 is 1.69 bits per heavy atom. The van der Waals surface area contributed by atoms with Crippen LogP contribution in [-0.4, -0.2) is 21.3 Å². The van der Waals surface area contributed by atoms with Gasteiger partial charge in [0.2, 0.25) is 4.70 Å². The predicted octanol–water partition coefficient (Wildman–Crippen LogP) is 0.875. The van der Waals surface area contributed by atoms with Crippen LogP contribution in [0, 0.1) is 0 Å². The van der Waals surface area contributed by atoms with E-state index in [2.05, 4.69) is 15.9 Å². The van der Waals surface area contributed by atoms with Crippen LogP contribution in [0.2, 0.25) is 0 Å². The maximum Gasteiger partial charge on any atom is 0.335 e. The molecule has 0 atom stereocenters. The van der Waals surface area contributed by atoms with Gasteiger partial charge in [0.05, 0.1) is 5.56 Å². The summed E-state index contributed by atoms with van der Waals surface area (Å²) in [5.41, 5.74) is 0.276. The molecule has 0 amide bonds. The number of aliphatic hydroxyl groups is 2. The highest BCUT2D eigenvalue weighted by Crippen LogP contribution is 2.24. The maximum absolute atomic E-state index is 10.4. The second-order valence-electron chi connectivity index (χ2n) is 2.47. The van der Waals surface area contributed by atoms with E-state index >= 15 is 0 Å². The molecule has 0 spiro atoms. The van der Waals surface area contributed by atoms with Crippen LogP contribution < -0.4 is 0 Å². The highest BCUT2D eigenvalue weighted by Gasteiger charge is 2.20. The number of alkyl halides is 1. The normalized spacial score (nSPS) is 11.3. The highest BCUT2D eigenvalue weighted by atomic mass is 79.9. The van der Waals surface area contributed by atoms with Gasteiger partial charge in [-0.25, -0.2) is 4.79 Å². The summed E-state index contributed by atoms with van der Waals surface area (Å²) in [4.78, 5) is 10.4. The number of hydrogen-bond acceptors (Lipinski definition) is 3. The van der Waals surface area contributed by atoms with E-state index < -0.39 is 10.7 Å². The van der Waals surface area contributed by atoms with Crippen LogP contribution in [0.4, 0.5) is 0 Å². The van der Waals surface area contributed by atoms with Gasteiger partial charge in [-0.2, -0.15) is 0 Å². The van der Waals surface area contributed by atoms with Gasteiger partial charge in [0.25, 0.3) is 0 Å². The van der Waals surface area contributed by atoms with E-state index in [-0.39, 0.29) is 11.1 Å². The van der Waals surface area contributed by atoms with E-state index in [0.29, 0.717) is 0 Å². The van der Waals surface area contributed by atoms with Crippen molar-refractivity contribution in [3.63, 3.8) is 0 Å². The summed E-state index contributed by atoms with van der Waals surface area (Å²) in [6.45, 7) is 0. The standard InChI is InChI=1S/C8H7BrO4/c9-8(12,13)6-3-1-5(2-4-6)7(10)11/h1-4,12-13H,(H,10,11). The van der Waals surface area contributed by atoms with Gasteiger partial charge < -0.3 is 15.3 Å². The molecule has 0 fully saturated rings. The van der Waals surface area contributed by atoms with Crippen LogP contribution >= 0.6 is 15.9 Å². The third-order valence-corrected chi connectivity index (χ3v) is 1.96. The minimum atomic E-state index is -2.11. The lowest BCUT2D eigenvalue weighted by Crippen LogP contribution is -2.15. The molecule has 13 heavy (non-hydrogen) atoms. The molecule has 0 aliphatic carbocycles. The van der Waals surface area contributed by atoms with Crippen molar-refractivity contribution in [2.45, 2.75) is 4.70 Å². The van der Waals surface area contributed by atoms with Crippen molar-refractivity contribution >= 4 is 21.9 Å². The number of halogens is 1. The molecular formula is C8H7BrO4. The summed E-state index contributed by atoms with van der Waals surface area (Å²) in [6, 6.07) is 5.22. The topological polar surface area (TPSA) is 77.8 Å². The Kier molecular flexibility index (Phi) is 2.70. The first kappa shape index (κ1) is 10.2. The number of rotatable bonds is 2.